The van der Waals surface area contributed by atoms with Crippen molar-refractivity contribution in [2.24, 2.45) is 0 Å². The average Bonchev–Trinajstić information content (AvgIpc) is 3.79. The maximum atomic E-state index is 5.31. The lowest BCUT2D eigenvalue weighted by molar-refractivity contribution is 1.08. The van der Waals surface area contributed by atoms with Gasteiger partial charge in [0, 0.05) is 48.0 Å². The molecule has 0 fully saturated rings. The Labute approximate surface area is 296 Å². The summed E-state index contributed by atoms with van der Waals surface area (Å²) in [5.41, 5.74) is 7.37. The molecule has 0 aliphatic heterocycles. The summed E-state index contributed by atoms with van der Waals surface area (Å²) in [7, 11) is 0. The molecule has 0 amide bonds. The Balaban J connectivity index is 1.19. The number of nitrogens with zero attached hydrogens (tertiary/aromatic N) is 4. The van der Waals surface area contributed by atoms with Crippen LogP contribution >= 0.6 is 22.7 Å². The highest BCUT2D eigenvalue weighted by Crippen LogP contribution is 2.47. The molecule has 4 nitrogen and oxygen atoms in total. The normalized spacial score (nSPS) is 11.6. The lowest BCUT2D eigenvalue weighted by Gasteiger charge is -2.12. The molecule has 50 heavy (non-hydrogen) atoms. The van der Waals surface area contributed by atoms with Crippen LogP contribution in [0.1, 0.15) is 0 Å². The maximum Gasteiger partial charge on any atom is 0.164 e. The summed E-state index contributed by atoms with van der Waals surface area (Å²) in [5, 5.41) is 5.76. The first kappa shape index (κ1) is 28.9. The van der Waals surface area contributed by atoms with Crippen molar-refractivity contribution in [3.63, 3.8) is 0 Å². The van der Waals surface area contributed by atoms with Gasteiger partial charge in [0.25, 0.3) is 0 Å². The quantitative estimate of drug-likeness (QED) is 0.182. The van der Waals surface area contributed by atoms with Gasteiger partial charge in [-0.15, -0.1) is 22.7 Å². The van der Waals surface area contributed by atoms with Crippen LogP contribution in [0, 0.1) is 0 Å². The molecular formula is C44H26N4S2. The van der Waals surface area contributed by atoms with E-state index in [-0.39, 0.29) is 0 Å². The second kappa shape index (κ2) is 11.8. The van der Waals surface area contributed by atoms with Crippen molar-refractivity contribution in [2.75, 3.05) is 0 Å². The summed E-state index contributed by atoms with van der Waals surface area (Å²) in [4.78, 5) is 20.3. The van der Waals surface area contributed by atoms with Crippen molar-refractivity contribution < 1.29 is 0 Å². The van der Waals surface area contributed by atoms with Crippen molar-refractivity contribution >= 4 is 63.8 Å². The van der Waals surface area contributed by atoms with Crippen LogP contribution in [0.4, 0.5) is 0 Å². The fraction of sp³-hybridized carbons (Fsp3) is 0. The molecule has 10 aromatic rings. The van der Waals surface area contributed by atoms with E-state index in [0.29, 0.717) is 17.5 Å². The SMILES string of the molecule is c1ccc(-c2nc(-c3ccccc3)nc(-c3cccc4cc(-c5c6nc(-c7ccccc7)sc6cc6sc7ccccc7c56)ccc34)n2)cc1. The van der Waals surface area contributed by atoms with Crippen LogP contribution in [0.15, 0.2) is 158 Å². The number of thiazole rings is 1. The summed E-state index contributed by atoms with van der Waals surface area (Å²) in [6.07, 6.45) is 0. The molecule has 0 spiro atoms. The van der Waals surface area contributed by atoms with E-state index in [1.165, 1.54) is 30.4 Å². The molecule has 0 atom stereocenters. The van der Waals surface area contributed by atoms with Gasteiger partial charge in [0.2, 0.25) is 0 Å². The van der Waals surface area contributed by atoms with Gasteiger partial charge in [-0.2, -0.15) is 0 Å². The summed E-state index contributed by atoms with van der Waals surface area (Å²) in [5.74, 6) is 1.95. The third-order valence-corrected chi connectivity index (χ3v) is 11.3. The molecule has 6 heteroatoms. The summed E-state index contributed by atoms with van der Waals surface area (Å²) >= 11 is 3.61. The molecule has 234 valence electrons. The van der Waals surface area contributed by atoms with Crippen LogP contribution in [0.2, 0.25) is 0 Å². The number of benzene rings is 7. The van der Waals surface area contributed by atoms with Gasteiger partial charge in [0.05, 0.1) is 10.2 Å². The lowest BCUT2D eigenvalue weighted by atomic mass is 9.94. The standard InChI is InChI=1S/C44H26N4S2/c1-4-13-27(14-5-1)41-46-42(28-15-6-2-7-16-28)48-43(47-41)33-21-12-19-30-25-31(23-24-32(30)33)38-39-34-20-10-11-22-35(34)49-36(39)26-37-40(38)45-44(50-37)29-17-8-3-9-18-29/h1-26H. The van der Waals surface area contributed by atoms with Gasteiger partial charge < -0.3 is 0 Å². The van der Waals surface area contributed by atoms with E-state index < -0.39 is 0 Å². The molecule has 3 aromatic heterocycles. The number of hydrogen-bond acceptors (Lipinski definition) is 6. The van der Waals surface area contributed by atoms with Gasteiger partial charge in [-0.1, -0.05) is 140 Å². The topological polar surface area (TPSA) is 51.6 Å². The predicted octanol–water partition coefficient (Wildman–Crippen LogP) is 12.3. The van der Waals surface area contributed by atoms with E-state index in [0.717, 1.165) is 49.1 Å². The Morgan fingerprint density at radius 2 is 1.02 bits per heavy atom. The van der Waals surface area contributed by atoms with Crippen LogP contribution in [0.5, 0.6) is 0 Å². The molecule has 0 aliphatic carbocycles. The Bertz CT molecular complexity index is 2800. The minimum atomic E-state index is 0.649. The first-order valence-electron chi connectivity index (χ1n) is 16.5. The highest BCUT2D eigenvalue weighted by atomic mass is 32.1. The van der Waals surface area contributed by atoms with Gasteiger partial charge >= 0.3 is 0 Å². The lowest BCUT2D eigenvalue weighted by Crippen LogP contribution is -2.00. The zero-order valence-corrected chi connectivity index (χ0v) is 28.2. The van der Waals surface area contributed by atoms with Gasteiger partial charge in [-0.3, -0.25) is 0 Å². The van der Waals surface area contributed by atoms with Crippen LogP contribution < -0.4 is 0 Å². The molecule has 0 saturated carbocycles. The molecule has 0 N–H and O–H groups in total. The molecule has 7 aromatic carbocycles. The van der Waals surface area contributed by atoms with Crippen molar-refractivity contribution in [1.29, 1.82) is 0 Å². The van der Waals surface area contributed by atoms with E-state index in [4.69, 9.17) is 19.9 Å². The zero-order chi connectivity index (χ0) is 33.0. The number of thiophene rings is 1. The largest absolute Gasteiger partial charge is 0.235 e. The molecule has 0 bridgehead atoms. The monoisotopic (exact) mass is 674 g/mol. The Morgan fingerprint density at radius 3 is 1.74 bits per heavy atom. The molecule has 3 heterocycles. The number of hydrogen-bond donors (Lipinski definition) is 0. The van der Waals surface area contributed by atoms with Crippen molar-refractivity contribution in [3.05, 3.63) is 158 Å². The van der Waals surface area contributed by atoms with Crippen LogP contribution in [0.25, 0.3) is 97.0 Å². The van der Waals surface area contributed by atoms with Crippen molar-refractivity contribution in [3.8, 4) is 55.9 Å². The van der Waals surface area contributed by atoms with Crippen LogP contribution in [0.3, 0.4) is 0 Å². The maximum absolute atomic E-state index is 5.31. The first-order chi connectivity index (χ1) is 24.8. The minimum absolute atomic E-state index is 0.649. The number of fused-ring (bicyclic) bond motifs is 5. The number of rotatable bonds is 5. The zero-order valence-electron chi connectivity index (χ0n) is 26.6. The molecule has 0 aliphatic rings. The van der Waals surface area contributed by atoms with Gasteiger partial charge in [0.15, 0.2) is 17.5 Å². The first-order valence-corrected chi connectivity index (χ1v) is 18.1. The Hall–Kier alpha value is -6.08. The number of aromatic nitrogens is 4. The van der Waals surface area contributed by atoms with E-state index in [2.05, 4.69) is 97.1 Å². The molecule has 10 rings (SSSR count). The predicted molar refractivity (Wildman–Crippen MR) is 211 cm³/mol. The fourth-order valence-electron chi connectivity index (χ4n) is 6.82. The van der Waals surface area contributed by atoms with Crippen LogP contribution in [-0.2, 0) is 0 Å². The highest BCUT2D eigenvalue weighted by Gasteiger charge is 2.20. The van der Waals surface area contributed by atoms with Gasteiger partial charge in [0.1, 0.15) is 5.01 Å². The van der Waals surface area contributed by atoms with E-state index in [1.807, 2.05) is 72.0 Å². The van der Waals surface area contributed by atoms with Gasteiger partial charge in [-0.05, 0) is 34.5 Å². The van der Waals surface area contributed by atoms with E-state index in [9.17, 15) is 0 Å². The third kappa shape index (κ3) is 4.88. The van der Waals surface area contributed by atoms with Gasteiger partial charge in [-0.25, -0.2) is 19.9 Å². The minimum Gasteiger partial charge on any atom is -0.235 e. The van der Waals surface area contributed by atoms with E-state index in [1.54, 1.807) is 11.3 Å². The molecular weight excluding hydrogens is 649 g/mol. The Morgan fingerprint density at radius 1 is 0.380 bits per heavy atom. The third-order valence-electron chi connectivity index (χ3n) is 9.16. The summed E-state index contributed by atoms with van der Waals surface area (Å²) in [6.45, 7) is 0. The fourth-order valence-corrected chi connectivity index (χ4v) is 9.07. The smallest absolute Gasteiger partial charge is 0.164 e. The average molecular weight is 675 g/mol. The second-order valence-electron chi connectivity index (χ2n) is 12.2. The Kier molecular flexibility index (Phi) is 6.82. The van der Waals surface area contributed by atoms with Crippen molar-refractivity contribution in [1.82, 2.24) is 19.9 Å². The van der Waals surface area contributed by atoms with E-state index >= 15 is 0 Å². The molecule has 0 saturated heterocycles. The summed E-state index contributed by atoms with van der Waals surface area (Å²) in [6, 6.07) is 54.9. The highest BCUT2D eigenvalue weighted by molar-refractivity contribution is 7.27. The molecule has 0 radical (unpaired) electrons. The van der Waals surface area contributed by atoms with Crippen LogP contribution in [-0.4, -0.2) is 19.9 Å². The second-order valence-corrected chi connectivity index (χ2v) is 14.3. The van der Waals surface area contributed by atoms with Crippen molar-refractivity contribution in [2.45, 2.75) is 0 Å². The molecule has 0 unspecified atom stereocenters. The summed E-state index contributed by atoms with van der Waals surface area (Å²) < 4.78 is 3.75.